The highest BCUT2D eigenvalue weighted by Crippen LogP contribution is 2.35. The molecule has 19 heavy (non-hydrogen) atoms. The van der Waals surface area contributed by atoms with Crippen molar-refractivity contribution in [3.05, 3.63) is 29.3 Å². The maximum absolute atomic E-state index is 6.06. The Balaban J connectivity index is 1.63. The zero-order chi connectivity index (χ0) is 13.1. The molecule has 104 valence electrons. The molecule has 1 spiro atoms. The van der Waals surface area contributed by atoms with Gasteiger partial charge >= 0.3 is 0 Å². The zero-order valence-corrected chi connectivity index (χ0v) is 11.7. The predicted molar refractivity (Wildman–Crippen MR) is 73.8 cm³/mol. The topological polar surface area (TPSA) is 27.7 Å². The minimum Gasteiger partial charge on any atom is -0.490 e. The first-order valence-electron chi connectivity index (χ1n) is 6.90. The summed E-state index contributed by atoms with van der Waals surface area (Å²) >= 11 is 5.88. The van der Waals surface area contributed by atoms with Crippen molar-refractivity contribution in [1.82, 2.24) is 0 Å². The summed E-state index contributed by atoms with van der Waals surface area (Å²) in [7, 11) is 0. The normalized spacial score (nSPS) is 26.3. The number of rotatable bonds is 2. The van der Waals surface area contributed by atoms with Gasteiger partial charge in [-0.2, -0.15) is 0 Å². The molecule has 2 saturated heterocycles. The van der Waals surface area contributed by atoms with Crippen molar-refractivity contribution in [1.29, 1.82) is 0 Å². The van der Waals surface area contributed by atoms with Crippen molar-refractivity contribution >= 4 is 11.6 Å². The number of benzene rings is 1. The Bertz CT molecular complexity index is 406. The van der Waals surface area contributed by atoms with Crippen LogP contribution in [0.5, 0.6) is 5.75 Å². The molecule has 1 unspecified atom stereocenters. The van der Waals surface area contributed by atoms with Crippen molar-refractivity contribution in [2.24, 2.45) is 0 Å². The molecule has 2 heterocycles. The summed E-state index contributed by atoms with van der Waals surface area (Å²) in [6.45, 7) is 2.37. The number of hydrogen-bond donors (Lipinski definition) is 0. The second-order valence-electron chi connectivity index (χ2n) is 5.33. The molecule has 0 radical (unpaired) electrons. The highest BCUT2D eigenvalue weighted by atomic mass is 35.5. The van der Waals surface area contributed by atoms with Gasteiger partial charge in [0.2, 0.25) is 0 Å². The van der Waals surface area contributed by atoms with E-state index in [1.54, 1.807) is 0 Å². The molecule has 0 amide bonds. The molecule has 1 aromatic carbocycles. The minimum absolute atomic E-state index is 0.0202. The molecule has 2 aliphatic rings. The molecular formula is C15H19ClO3. The lowest BCUT2D eigenvalue weighted by atomic mass is 9.85. The lowest BCUT2D eigenvalue weighted by molar-refractivity contribution is -0.155. The zero-order valence-electron chi connectivity index (χ0n) is 10.9. The van der Waals surface area contributed by atoms with E-state index in [0.29, 0.717) is 0 Å². The van der Waals surface area contributed by atoms with Gasteiger partial charge < -0.3 is 14.2 Å². The maximum atomic E-state index is 6.06. The number of hydrogen-bond acceptors (Lipinski definition) is 3. The fourth-order valence-corrected chi connectivity index (χ4v) is 3.01. The summed E-state index contributed by atoms with van der Waals surface area (Å²) in [6.07, 6.45) is 4.10. The van der Waals surface area contributed by atoms with Crippen LogP contribution in [0.25, 0.3) is 0 Å². The van der Waals surface area contributed by atoms with Crippen LogP contribution in [0.3, 0.4) is 0 Å². The summed E-state index contributed by atoms with van der Waals surface area (Å²) in [5.41, 5.74) is -0.0202. The standard InChI is InChI=1S/C15H19ClO3/c16-12-1-3-13(4-2-12)19-14-5-8-18-15(11-14)6-9-17-10-7-15/h1-4,14H,5-11H2. The lowest BCUT2D eigenvalue weighted by Crippen LogP contribution is -2.47. The second-order valence-corrected chi connectivity index (χ2v) is 5.77. The van der Waals surface area contributed by atoms with Crippen LogP contribution in [0.15, 0.2) is 24.3 Å². The quantitative estimate of drug-likeness (QED) is 0.831. The molecule has 2 fully saturated rings. The summed E-state index contributed by atoms with van der Waals surface area (Å²) in [4.78, 5) is 0. The first kappa shape index (κ1) is 13.2. The summed E-state index contributed by atoms with van der Waals surface area (Å²) in [5, 5.41) is 0.736. The third kappa shape index (κ3) is 3.22. The van der Waals surface area contributed by atoms with E-state index in [-0.39, 0.29) is 11.7 Å². The van der Waals surface area contributed by atoms with Gasteiger partial charge in [-0.3, -0.25) is 0 Å². The molecule has 2 aliphatic heterocycles. The van der Waals surface area contributed by atoms with E-state index in [1.165, 1.54) is 0 Å². The predicted octanol–water partition coefficient (Wildman–Crippen LogP) is 3.45. The molecule has 0 N–H and O–H groups in total. The van der Waals surface area contributed by atoms with Crippen LogP contribution >= 0.6 is 11.6 Å². The molecule has 0 aromatic heterocycles. The average Bonchev–Trinajstić information content (AvgIpc) is 2.42. The van der Waals surface area contributed by atoms with E-state index < -0.39 is 0 Å². The molecule has 3 rings (SSSR count). The fourth-order valence-electron chi connectivity index (χ4n) is 2.88. The first-order chi connectivity index (χ1) is 9.26. The fraction of sp³-hybridized carbons (Fsp3) is 0.600. The van der Waals surface area contributed by atoms with Crippen LogP contribution in [-0.4, -0.2) is 31.5 Å². The molecule has 0 bridgehead atoms. The lowest BCUT2D eigenvalue weighted by Gasteiger charge is -2.43. The Labute approximate surface area is 118 Å². The Morgan fingerprint density at radius 3 is 2.58 bits per heavy atom. The maximum Gasteiger partial charge on any atom is 0.119 e. The molecule has 4 heteroatoms. The van der Waals surface area contributed by atoms with Gasteiger partial charge in [0, 0.05) is 31.1 Å². The van der Waals surface area contributed by atoms with Crippen molar-refractivity contribution in [3.63, 3.8) is 0 Å². The Kier molecular flexibility index (Phi) is 3.96. The van der Waals surface area contributed by atoms with Gasteiger partial charge in [0.25, 0.3) is 0 Å². The van der Waals surface area contributed by atoms with Crippen LogP contribution in [0, 0.1) is 0 Å². The molecular weight excluding hydrogens is 264 g/mol. The van der Waals surface area contributed by atoms with Crippen molar-refractivity contribution in [2.45, 2.75) is 37.4 Å². The van der Waals surface area contributed by atoms with Gasteiger partial charge in [0.1, 0.15) is 11.9 Å². The largest absolute Gasteiger partial charge is 0.490 e. The third-order valence-corrected chi connectivity index (χ3v) is 4.22. The van der Waals surface area contributed by atoms with E-state index in [9.17, 15) is 0 Å². The van der Waals surface area contributed by atoms with E-state index in [4.69, 9.17) is 25.8 Å². The minimum atomic E-state index is -0.0202. The summed E-state index contributed by atoms with van der Waals surface area (Å²) in [6, 6.07) is 7.57. The molecule has 0 aliphatic carbocycles. The van der Waals surface area contributed by atoms with E-state index in [1.807, 2.05) is 24.3 Å². The SMILES string of the molecule is Clc1ccc(OC2CCOC3(CCOCC3)C2)cc1. The van der Waals surface area contributed by atoms with Gasteiger partial charge in [-0.15, -0.1) is 0 Å². The van der Waals surface area contributed by atoms with Crippen molar-refractivity contribution < 1.29 is 14.2 Å². The Morgan fingerprint density at radius 1 is 1.11 bits per heavy atom. The number of ether oxygens (including phenoxy) is 3. The van der Waals surface area contributed by atoms with Gasteiger partial charge in [0.15, 0.2) is 0 Å². The van der Waals surface area contributed by atoms with Gasteiger partial charge in [-0.05, 0) is 37.1 Å². The van der Waals surface area contributed by atoms with Crippen LogP contribution < -0.4 is 4.74 Å². The summed E-state index contributed by atoms with van der Waals surface area (Å²) < 4.78 is 17.5. The molecule has 1 atom stereocenters. The third-order valence-electron chi connectivity index (χ3n) is 3.97. The Hall–Kier alpha value is -0.770. The van der Waals surface area contributed by atoms with Crippen molar-refractivity contribution in [3.8, 4) is 5.75 Å². The average molecular weight is 283 g/mol. The van der Waals surface area contributed by atoms with E-state index in [0.717, 1.165) is 56.3 Å². The first-order valence-corrected chi connectivity index (χ1v) is 7.28. The van der Waals surface area contributed by atoms with Crippen LogP contribution in [0.2, 0.25) is 5.02 Å². The van der Waals surface area contributed by atoms with Crippen LogP contribution in [0.1, 0.15) is 25.7 Å². The molecule has 3 nitrogen and oxygen atoms in total. The van der Waals surface area contributed by atoms with Gasteiger partial charge in [0.05, 0.1) is 12.2 Å². The highest BCUT2D eigenvalue weighted by molar-refractivity contribution is 6.30. The molecule has 1 aromatic rings. The second kappa shape index (κ2) is 5.70. The highest BCUT2D eigenvalue weighted by Gasteiger charge is 2.39. The molecule has 0 saturated carbocycles. The van der Waals surface area contributed by atoms with Crippen LogP contribution in [0.4, 0.5) is 0 Å². The van der Waals surface area contributed by atoms with E-state index in [2.05, 4.69) is 0 Å². The Morgan fingerprint density at radius 2 is 1.84 bits per heavy atom. The summed E-state index contributed by atoms with van der Waals surface area (Å²) in [5.74, 6) is 0.888. The van der Waals surface area contributed by atoms with Crippen molar-refractivity contribution in [2.75, 3.05) is 19.8 Å². The smallest absolute Gasteiger partial charge is 0.119 e. The number of halogens is 1. The monoisotopic (exact) mass is 282 g/mol. The van der Waals surface area contributed by atoms with Gasteiger partial charge in [-0.1, -0.05) is 11.6 Å². The van der Waals surface area contributed by atoms with Gasteiger partial charge in [-0.25, -0.2) is 0 Å². The van der Waals surface area contributed by atoms with E-state index >= 15 is 0 Å². The van der Waals surface area contributed by atoms with Crippen LogP contribution in [-0.2, 0) is 9.47 Å².